The van der Waals surface area contributed by atoms with Crippen LogP contribution in [0.2, 0.25) is 0 Å². The Kier molecular flexibility index (Phi) is 10.7. The van der Waals surface area contributed by atoms with Gasteiger partial charge in [0.2, 0.25) is 5.91 Å². The van der Waals surface area contributed by atoms with Crippen molar-refractivity contribution in [2.45, 2.75) is 19.8 Å². The molecule has 0 aromatic rings. The summed E-state index contributed by atoms with van der Waals surface area (Å²) in [5.74, 6) is -0.0801. The van der Waals surface area contributed by atoms with Gasteiger partial charge in [0, 0.05) is 6.54 Å². The summed E-state index contributed by atoms with van der Waals surface area (Å²) in [6, 6.07) is 0. The average Bonchev–Trinajstić information content (AvgIpc) is 1.89. The zero-order valence-corrected chi connectivity index (χ0v) is 7.94. The molecule has 0 heterocycles. The van der Waals surface area contributed by atoms with Crippen LogP contribution in [-0.4, -0.2) is 12.5 Å². The van der Waals surface area contributed by atoms with Crippen molar-refractivity contribution in [3.63, 3.8) is 0 Å². The van der Waals surface area contributed by atoms with Crippen LogP contribution in [0.3, 0.4) is 0 Å². The second kappa shape index (κ2) is 8.64. The van der Waals surface area contributed by atoms with Crippen LogP contribution in [0.5, 0.6) is 0 Å². The Bertz CT molecular complexity index is 104. The lowest BCUT2D eigenvalue weighted by atomic mass is 10.3. The molecule has 0 radical (unpaired) electrons. The smallest absolute Gasteiger partial charge is 0.243 e. The van der Waals surface area contributed by atoms with E-state index in [1.807, 2.05) is 0 Å². The molecule has 3 heteroatoms. The van der Waals surface area contributed by atoms with Crippen LogP contribution < -0.4 is 5.32 Å². The number of carbonyl (C=O) groups is 1. The first-order valence-corrected chi connectivity index (χ1v) is 3.21. The fraction of sp³-hybridized carbons (Fsp3) is 0.571. The minimum absolute atomic E-state index is 0. The van der Waals surface area contributed by atoms with Crippen molar-refractivity contribution >= 4 is 15.8 Å². The highest BCUT2D eigenvalue weighted by Gasteiger charge is 1.88. The first-order valence-electron chi connectivity index (χ1n) is 3.21. The van der Waals surface area contributed by atoms with Crippen LogP contribution in [0.4, 0.5) is 0 Å². The summed E-state index contributed by atoms with van der Waals surface area (Å²) in [7, 11) is 0. The maximum absolute atomic E-state index is 10.5. The largest absolute Gasteiger partial charge is 0.353 e. The Morgan fingerprint density at radius 2 is 2.30 bits per heavy atom. The molecule has 0 aliphatic carbocycles. The molecule has 0 bridgehead atoms. The highest BCUT2D eigenvalue weighted by atomic mass is 31.0. The Morgan fingerprint density at radius 3 is 2.70 bits per heavy atom. The van der Waals surface area contributed by atoms with E-state index in [1.165, 1.54) is 6.08 Å². The topological polar surface area (TPSA) is 29.1 Å². The van der Waals surface area contributed by atoms with Crippen LogP contribution in [0.25, 0.3) is 0 Å². The van der Waals surface area contributed by atoms with E-state index in [2.05, 4.69) is 18.8 Å². The first kappa shape index (κ1) is 12.3. The molecular weight excluding hydrogens is 145 g/mol. The van der Waals surface area contributed by atoms with Crippen molar-refractivity contribution in [1.82, 2.24) is 5.32 Å². The van der Waals surface area contributed by atoms with Crippen molar-refractivity contribution < 1.29 is 4.79 Å². The van der Waals surface area contributed by atoms with Crippen LogP contribution in [0, 0.1) is 0 Å². The van der Waals surface area contributed by atoms with Crippen molar-refractivity contribution in [2.75, 3.05) is 6.54 Å². The van der Waals surface area contributed by atoms with Gasteiger partial charge in [0.1, 0.15) is 0 Å². The van der Waals surface area contributed by atoms with Gasteiger partial charge in [-0.15, -0.1) is 0 Å². The zero-order chi connectivity index (χ0) is 7.11. The zero-order valence-electron chi connectivity index (χ0n) is 6.52. The monoisotopic (exact) mass is 161 g/mol. The second-order valence-corrected chi connectivity index (χ2v) is 1.85. The third-order valence-electron chi connectivity index (χ3n) is 1.01. The standard InChI is InChI=1S/C7H13NO.H3P/c1-3-5-6-8-7(9)4-2;/h4H,2-3,5-6H2,1H3,(H,8,9);1H3. The van der Waals surface area contributed by atoms with Crippen LogP contribution in [0.1, 0.15) is 19.8 Å². The SMILES string of the molecule is C=CC(=O)NCCCC.P. The summed E-state index contributed by atoms with van der Waals surface area (Å²) in [4.78, 5) is 10.5. The summed E-state index contributed by atoms with van der Waals surface area (Å²) in [5.41, 5.74) is 0. The lowest BCUT2D eigenvalue weighted by molar-refractivity contribution is -0.116. The van der Waals surface area contributed by atoms with Gasteiger partial charge in [-0.25, -0.2) is 0 Å². The lowest BCUT2D eigenvalue weighted by Gasteiger charge is -1.97. The molecule has 0 aliphatic heterocycles. The normalized spacial score (nSPS) is 7.70. The minimum atomic E-state index is -0.0801. The van der Waals surface area contributed by atoms with Gasteiger partial charge < -0.3 is 5.32 Å². The Morgan fingerprint density at radius 1 is 1.70 bits per heavy atom. The maximum atomic E-state index is 10.5. The van der Waals surface area contributed by atoms with Crippen LogP contribution in [-0.2, 0) is 4.79 Å². The Labute approximate surface area is 65.7 Å². The van der Waals surface area contributed by atoms with Gasteiger partial charge >= 0.3 is 0 Å². The summed E-state index contributed by atoms with van der Waals surface area (Å²) in [6.45, 7) is 6.18. The molecule has 0 saturated heterocycles. The third kappa shape index (κ3) is 7.64. The van der Waals surface area contributed by atoms with E-state index in [9.17, 15) is 4.79 Å². The van der Waals surface area contributed by atoms with E-state index >= 15 is 0 Å². The van der Waals surface area contributed by atoms with Gasteiger partial charge in [0.15, 0.2) is 0 Å². The van der Waals surface area contributed by atoms with Gasteiger partial charge in [-0.1, -0.05) is 19.9 Å². The van der Waals surface area contributed by atoms with Crippen molar-refractivity contribution in [2.24, 2.45) is 0 Å². The summed E-state index contributed by atoms with van der Waals surface area (Å²) in [5, 5.41) is 2.68. The van der Waals surface area contributed by atoms with Crippen LogP contribution >= 0.6 is 9.90 Å². The summed E-state index contributed by atoms with van der Waals surface area (Å²) < 4.78 is 0. The molecule has 0 aromatic carbocycles. The molecule has 1 amide bonds. The molecular formula is C7H16NOP. The van der Waals surface area contributed by atoms with Crippen LogP contribution in [0.15, 0.2) is 12.7 Å². The third-order valence-corrected chi connectivity index (χ3v) is 1.01. The molecule has 1 N–H and O–H groups in total. The first-order chi connectivity index (χ1) is 4.31. The number of hydrogen-bond acceptors (Lipinski definition) is 1. The predicted octanol–water partition coefficient (Wildman–Crippen LogP) is 1.15. The predicted molar refractivity (Wildman–Crippen MR) is 49.2 cm³/mol. The molecule has 0 rings (SSSR count). The van der Waals surface area contributed by atoms with E-state index < -0.39 is 0 Å². The van der Waals surface area contributed by atoms with Gasteiger partial charge in [0.05, 0.1) is 0 Å². The van der Waals surface area contributed by atoms with Crippen molar-refractivity contribution in [3.05, 3.63) is 12.7 Å². The number of rotatable bonds is 4. The molecule has 1 atom stereocenters. The number of nitrogens with one attached hydrogen (secondary N) is 1. The summed E-state index contributed by atoms with van der Waals surface area (Å²) >= 11 is 0. The van der Waals surface area contributed by atoms with Gasteiger partial charge in [0.25, 0.3) is 0 Å². The van der Waals surface area contributed by atoms with Gasteiger partial charge in [-0.3, -0.25) is 4.79 Å². The van der Waals surface area contributed by atoms with Crippen molar-refractivity contribution in [3.8, 4) is 0 Å². The van der Waals surface area contributed by atoms with Gasteiger partial charge in [-0.2, -0.15) is 9.90 Å². The molecule has 1 unspecified atom stereocenters. The number of hydrogen-bond donors (Lipinski definition) is 1. The number of unbranched alkanes of at least 4 members (excludes halogenated alkanes) is 1. The molecule has 2 nitrogen and oxygen atoms in total. The molecule has 0 aliphatic rings. The number of carbonyl (C=O) groups excluding carboxylic acids is 1. The van der Waals surface area contributed by atoms with E-state index in [-0.39, 0.29) is 15.8 Å². The minimum Gasteiger partial charge on any atom is -0.353 e. The van der Waals surface area contributed by atoms with E-state index in [0.717, 1.165) is 19.4 Å². The van der Waals surface area contributed by atoms with E-state index in [1.54, 1.807) is 0 Å². The second-order valence-electron chi connectivity index (χ2n) is 1.85. The summed E-state index contributed by atoms with van der Waals surface area (Å²) in [6.07, 6.45) is 3.44. The highest BCUT2D eigenvalue weighted by Crippen LogP contribution is 1.81. The van der Waals surface area contributed by atoms with Gasteiger partial charge in [-0.05, 0) is 12.5 Å². The fourth-order valence-corrected chi connectivity index (χ4v) is 0.461. The highest BCUT2D eigenvalue weighted by molar-refractivity contribution is 6.92. The molecule has 0 aromatic heterocycles. The molecule has 60 valence electrons. The Hall–Kier alpha value is -0.360. The average molecular weight is 161 g/mol. The van der Waals surface area contributed by atoms with E-state index in [0.29, 0.717) is 0 Å². The lowest BCUT2D eigenvalue weighted by Crippen LogP contribution is -2.21. The molecule has 10 heavy (non-hydrogen) atoms. The van der Waals surface area contributed by atoms with Crippen molar-refractivity contribution in [1.29, 1.82) is 0 Å². The number of amides is 1. The molecule has 0 fully saturated rings. The Balaban J connectivity index is 0. The molecule has 0 spiro atoms. The van der Waals surface area contributed by atoms with E-state index in [4.69, 9.17) is 0 Å². The fourth-order valence-electron chi connectivity index (χ4n) is 0.461. The molecule has 0 saturated carbocycles. The maximum Gasteiger partial charge on any atom is 0.243 e. The quantitative estimate of drug-likeness (QED) is 0.374.